The van der Waals surface area contributed by atoms with Crippen molar-refractivity contribution in [3.8, 4) is 0 Å². The number of nitrogens with zero attached hydrogens (tertiary/aromatic N) is 1. The van der Waals surface area contributed by atoms with E-state index in [1.54, 1.807) is 19.2 Å². The van der Waals surface area contributed by atoms with Crippen molar-refractivity contribution in [3.05, 3.63) is 78.2 Å². The predicted octanol–water partition coefficient (Wildman–Crippen LogP) is 4.37. The maximum Gasteiger partial charge on any atom is 0.146 e. The fourth-order valence-corrected chi connectivity index (χ4v) is 2.90. The maximum atomic E-state index is 13.0. The molecule has 2 aromatic carbocycles. The molecule has 1 atom stereocenters. The third-order valence-electron chi connectivity index (χ3n) is 3.77. The monoisotopic (exact) mass is 249 g/mol. The zero-order valence-electron chi connectivity index (χ0n) is 10.9. The minimum atomic E-state index is -0.542. The fraction of sp³-hybridized carbons (Fsp3) is 0.0588. The molecule has 0 radical (unpaired) electrons. The lowest BCUT2D eigenvalue weighted by Crippen LogP contribution is -2.39. The Kier molecular flexibility index (Phi) is 2.45. The normalized spacial score (nSPS) is 21.6. The summed E-state index contributed by atoms with van der Waals surface area (Å²) in [5.41, 5.74) is 3.33. The van der Waals surface area contributed by atoms with E-state index in [0.29, 0.717) is 5.70 Å². The number of hydrogen-bond donors (Lipinski definition) is 0. The van der Waals surface area contributed by atoms with Gasteiger partial charge in [-0.05, 0) is 11.5 Å². The molecule has 1 heterocycles. The van der Waals surface area contributed by atoms with Gasteiger partial charge < -0.3 is 5.21 Å². The molecule has 0 aliphatic carbocycles. The van der Waals surface area contributed by atoms with Crippen molar-refractivity contribution < 1.29 is 0 Å². The second-order valence-corrected chi connectivity index (χ2v) is 4.81. The summed E-state index contributed by atoms with van der Waals surface area (Å²) in [7, 11) is 1.64. The summed E-state index contributed by atoms with van der Waals surface area (Å²) < 4.78 is -0.542. The van der Waals surface area contributed by atoms with Crippen molar-refractivity contribution in [1.29, 1.82) is 0 Å². The molecule has 0 saturated heterocycles. The molecule has 3 rings (SSSR count). The van der Waals surface area contributed by atoms with Gasteiger partial charge in [-0.3, -0.25) is 4.65 Å². The van der Waals surface area contributed by atoms with Gasteiger partial charge in [0.15, 0.2) is 0 Å². The number of quaternary nitrogens is 1. The van der Waals surface area contributed by atoms with E-state index in [4.69, 9.17) is 0 Å². The molecule has 2 aromatic rings. The number of rotatable bonds is 2. The Labute approximate surface area is 112 Å². The Morgan fingerprint density at radius 1 is 1.05 bits per heavy atom. The Morgan fingerprint density at radius 2 is 1.74 bits per heavy atom. The van der Waals surface area contributed by atoms with Gasteiger partial charge in [0.05, 0.1) is 12.4 Å². The van der Waals surface area contributed by atoms with Crippen LogP contribution in [0, 0.1) is 5.21 Å². The number of likely N-dealkylation sites (N-methyl/N-ethyl adjacent to an activating group) is 1. The molecular weight excluding hydrogens is 234 g/mol. The van der Waals surface area contributed by atoms with Gasteiger partial charge in [0.1, 0.15) is 11.4 Å². The Balaban J connectivity index is 2.57. The molecule has 0 amide bonds. The Bertz CT molecular complexity index is 733. The van der Waals surface area contributed by atoms with Gasteiger partial charge in [-0.2, -0.15) is 0 Å². The van der Waals surface area contributed by atoms with E-state index in [0.717, 1.165) is 27.6 Å². The van der Waals surface area contributed by atoms with Crippen LogP contribution in [0.5, 0.6) is 0 Å². The van der Waals surface area contributed by atoms with Crippen LogP contribution in [-0.4, -0.2) is 7.05 Å². The number of hydrogen-bond acceptors (Lipinski definition) is 1. The zero-order chi connectivity index (χ0) is 13.6. The third-order valence-corrected chi connectivity index (χ3v) is 3.77. The van der Waals surface area contributed by atoms with Crippen LogP contribution >= 0.6 is 0 Å². The van der Waals surface area contributed by atoms with Crippen LogP contribution in [0.1, 0.15) is 5.56 Å². The predicted molar refractivity (Wildman–Crippen MR) is 82.3 cm³/mol. The molecule has 1 unspecified atom stereocenters. The summed E-state index contributed by atoms with van der Waals surface area (Å²) in [5.74, 6) is 0. The van der Waals surface area contributed by atoms with Crippen molar-refractivity contribution >= 4 is 22.0 Å². The summed E-state index contributed by atoms with van der Waals surface area (Å²) in [6.07, 6.45) is 3.38. The molecule has 94 valence electrons. The molecule has 19 heavy (non-hydrogen) atoms. The summed E-state index contributed by atoms with van der Waals surface area (Å²) in [4.78, 5) is 0. The van der Waals surface area contributed by atoms with E-state index in [-0.39, 0.29) is 0 Å². The summed E-state index contributed by atoms with van der Waals surface area (Å²) in [6, 6.07) is 11.9. The van der Waals surface area contributed by atoms with Gasteiger partial charge in [-0.25, -0.2) is 0 Å². The lowest BCUT2D eigenvalue weighted by Gasteiger charge is -2.42. The number of benzene rings is 2. The Hall–Kier alpha value is -2.16. The SMILES string of the molecule is C=CC1=C(C=C)[N+](C)([O-])c2cccc3cccc1c23. The summed E-state index contributed by atoms with van der Waals surface area (Å²) in [6.45, 7) is 7.65. The fourth-order valence-electron chi connectivity index (χ4n) is 2.90. The topological polar surface area (TPSA) is 23.1 Å². The average Bonchev–Trinajstić information content (AvgIpc) is 2.42. The van der Waals surface area contributed by atoms with Crippen LogP contribution in [-0.2, 0) is 0 Å². The van der Waals surface area contributed by atoms with Crippen LogP contribution in [0.4, 0.5) is 5.69 Å². The molecule has 1 aliphatic heterocycles. The van der Waals surface area contributed by atoms with Crippen LogP contribution in [0.15, 0.2) is 67.4 Å². The molecule has 0 spiro atoms. The van der Waals surface area contributed by atoms with Gasteiger partial charge >= 0.3 is 0 Å². The Morgan fingerprint density at radius 3 is 2.37 bits per heavy atom. The van der Waals surface area contributed by atoms with Crippen molar-refractivity contribution in [2.24, 2.45) is 0 Å². The van der Waals surface area contributed by atoms with Crippen molar-refractivity contribution in [2.75, 3.05) is 7.05 Å². The molecule has 0 saturated carbocycles. The quantitative estimate of drug-likeness (QED) is 0.572. The first-order chi connectivity index (χ1) is 9.11. The zero-order valence-corrected chi connectivity index (χ0v) is 10.9. The molecule has 2 heteroatoms. The van der Waals surface area contributed by atoms with Gasteiger partial charge in [0.25, 0.3) is 0 Å². The third kappa shape index (κ3) is 1.44. The highest BCUT2D eigenvalue weighted by Gasteiger charge is 2.31. The van der Waals surface area contributed by atoms with Crippen molar-refractivity contribution in [3.63, 3.8) is 0 Å². The first-order valence-corrected chi connectivity index (χ1v) is 6.21. The van der Waals surface area contributed by atoms with E-state index < -0.39 is 4.65 Å². The van der Waals surface area contributed by atoms with E-state index in [1.165, 1.54) is 0 Å². The smallest absolute Gasteiger partial charge is 0.146 e. The van der Waals surface area contributed by atoms with Crippen molar-refractivity contribution in [2.45, 2.75) is 0 Å². The molecule has 0 aromatic heterocycles. The van der Waals surface area contributed by atoms with Gasteiger partial charge in [-0.15, -0.1) is 0 Å². The van der Waals surface area contributed by atoms with Crippen molar-refractivity contribution in [1.82, 2.24) is 4.65 Å². The molecule has 1 aliphatic rings. The molecule has 0 N–H and O–H groups in total. The minimum absolute atomic E-state index is 0.542. The second kappa shape index (κ2) is 3.92. The minimum Gasteiger partial charge on any atom is -0.622 e. The first-order valence-electron chi connectivity index (χ1n) is 6.21. The van der Waals surface area contributed by atoms with Crippen LogP contribution in [0.2, 0.25) is 0 Å². The highest BCUT2D eigenvalue weighted by molar-refractivity contribution is 6.07. The van der Waals surface area contributed by atoms with E-state index >= 15 is 0 Å². The highest BCUT2D eigenvalue weighted by atomic mass is 16.5. The average molecular weight is 249 g/mol. The van der Waals surface area contributed by atoms with Gasteiger partial charge in [-0.1, -0.05) is 49.6 Å². The molecule has 0 bridgehead atoms. The highest BCUT2D eigenvalue weighted by Crippen LogP contribution is 2.44. The largest absolute Gasteiger partial charge is 0.622 e. The van der Waals surface area contributed by atoms with Crippen LogP contribution in [0.25, 0.3) is 16.3 Å². The van der Waals surface area contributed by atoms with E-state index in [1.807, 2.05) is 36.4 Å². The standard InChI is InChI=1S/C17H15NO/c1-4-13-14-10-6-8-12-9-7-11-16(17(12)14)18(3,19)15(13)5-2/h4-11H,1-2H2,3H3. The molecule has 2 nitrogen and oxygen atoms in total. The second-order valence-electron chi connectivity index (χ2n) is 4.81. The van der Waals surface area contributed by atoms with E-state index in [9.17, 15) is 5.21 Å². The maximum absolute atomic E-state index is 13.0. The van der Waals surface area contributed by atoms with Crippen LogP contribution in [0.3, 0.4) is 0 Å². The number of allylic oxidation sites excluding steroid dienone is 3. The summed E-state index contributed by atoms with van der Waals surface area (Å²) in [5, 5.41) is 15.1. The number of hydroxylamine groups is 2. The summed E-state index contributed by atoms with van der Waals surface area (Å²) >= 11 is 0. The van der Waals surface area contributed by atoms with E-state index in [2.05, 4.69) is 13.2 Å². The lowest BCUT2D eigenvalue weighted by atomic mass is 9.91. The molecular formula is C17H15NO. The van der Waals surface area contributed by atoms with Crippen LogP contribution < -0.4 is 4.65 Å². The lowest BCUT2D eigenvalue weighted by molar-refractivity contribution is 0.570. The van der Waals surface area contributed by atoms with Gasteiger partial charge in [0, 0.05) is 17.2 Å². The molecule has 0 fully saturated rings. The van der Waals surface area contributed by atoms with Gasteiger partial charge in [0.2, 0.25) is 0 Å². The first kappa shape index (κ1) is 11.9.